The van der Waals surface area contributed by atoms with Crippen LogP contribution >= 0.6 is 12.6 Å². The third kappa shape index (κ3) is 2.65. The highest BCUT2D eigenvalue weighted by molar-refractivity contribution is 7.81. The number of hydrogen-bond acceptors (Lipinski definition) is 3. The maximum atomic E-state index is 11.5. The first kappa shape index (κ1) is 11.9. The van der Waals surface area contributed by atoms with E-state index in [0.717, 1.165) is 11.3 Å². The number of anilines is 1. The van der Waals surface area contributed by atoms with Gasteiger partial charge < -0.3 is 9.64 Å². The molecule has 0 spiro atoms. The Morgan fingerprint density at radius 2 is 2.20 bits per heavy atom. The largest absolute Gasteiger partial charge is 0.495 e. The molecule has 0 saturated carbocycles. The van der Waals surface area contributed by atoms with Gasteiger partial charge in [-0.05, 0) is 24.6 Å². The Morgan fingerprint density at radius 1 is 1.53 bits per heavy atom. The molecule has 82 valence electrons. The summed E-state index contributed by atoms with van der Waals surface area (Å²) in [5.41, 5.74) is 1.86. The van der Waals surface area contributed by atoms with Crippen molar-refractivity contribution < 1.29 is 9.53 Å². The molecule has 0 saturated heterocycles. The number of rotatable bonds is 3. The second-order valence-electron chi connectivity index (χ2n) is 3.29. The zero-order valence-corrected chi connectivity index (χ0v) is 10.0. The molecule has 3 nitrogen and oxygen atoms in total. The molecule has 0 bridgehead atoms. The van der Waals surface area contributed by atoms with Gasteiger partial charge in [-0.3, -0.25) is 4.79 Å². The number of thiol groups is 1. The zero-order valence-electron chi connectivity index (χ0n) is 9.15. The Morgan fingerprint density at radius 3 is 2.73 bits per heavy atom. The third-order valence-corrected chi connectivity index (χ3v) is 2.48. The Bertz CT molecular complexity index is 366. The summed E-state index contributed by atoms with van der Waals surface area (Å²) in [4.78, 5) is 13.0. The Kier molecular flexibility index (Phi) is 4.03. The second-order valence-corrected chi connectivity index (χ2v) is 3.60. The maximum absolute atomic E-state index is 11.5. The van der Waals surface area contributed by atoms with Crippen molar-refractivity contribution in [3.8, 4) is 5.75 Å². The summed E-state index contributed by atoms with van der Waals surface area (Å²) in [7, 11) is 3.31. The van der Waals surface area contributed by atoms with Crippen molar-refractivity contribution in [2.45, 2.75) is 6.92 Å². The third-order valence-electron chi connectivity index (χ3n) is 2.21. The molecule has 0 atom stereocenters. The highest BCUT2D eigenvalue weighted by Gasteiger charge is 2.13. The SMILES string of the molecule is COc1ccc(C)cc1N(C)C(=O)CS. The minimum Gasteiger partial charge on any atom is -0.495 e. The van der Waals surface area contributed by atoms with E-state index in [-0.39, 0.29) is 11.7 Å². The first-order valence-electron chi connectivity index (χ1n) is 4.62. The molecule has 1 amide bonds. The molecule has 0 fully saturated rings. The summed E-state index contributed by atoms with van der Waals surface area (Å²) in [5, 5.41) is 0. The van der Waals surface area contributed by atoms with Crippen molar-refractivity contribution in [1.82, 2.24) is 0 Å². The van der Waals surface area contributed by atoms with Crippen molar-refractivity contribution in [3.63, 3.8) is 0 Å². The van der Waals surface area contributed by atoms with Crippen LogP contribution < -0.4 is 9.64 Å². The van der Waals surface area contributed by atoms with Crippen molar-refractivity contribution in [1.29, 1.82) is 0 Å². The lowest BCUT2D eigenvalue weighted by Gasteiger charge is -2.19. The lowest BCUT2D eigenvalue weighted by molar-refractivity contribution is -0.115. The molecule has 0 unspecified atom stereocenters. The molecule has 0 N–H and O–H groups in total. The summed E-state index contributed by atoms with van der Waals surface area (Å²) < 4.78 is 5.20. The maximum Gasteiger partial charge on any atom is 0.236 e. The second kappa shape index (κ2) is 5.07. The monoisotopic (exact) mass is 225 g/mol. The van der Waals surface area contributed by atoms with Crippen LogP contribution in [-0.2, 0) is 4.79 Å². The molecule has 4 heteroatoms. The van der Waals surface area contributed by atoms with Crippen LogP contribution in [-0.4, -0.2) is 25.8 Å². The normalized spacial score (nSPS) is 9.87. The van der Waals surface area contributed by atoms with E-state index < -0.39 is 0 Å². The van der Waals surface area contributed by atoms with Gasteiger partial charge in [0.05, 0.1) is 18.6 Å². The van der Waals surface area contributed by atoms with E-state index in [2.05, 4.69) is 12.6 Å². The van der Waals surface area contributed by atoms with E-state index in [1.807, 2.05) is 25.1 Å². The van der Waals surface area contributed by atoms with E-state index in [1.165, 1.54) is 0 Å². The van der Waals surface area contributed by atoms with Crippen LogP contribution in [0.5, 0.6) is 5.75 Å². The summed E-state index contributed by atoms with van der Waals surface area (Å²) >= 11 is 3.96. The fourth-order valence-electron chi connectivity index (χ4n) is 1.30. The number of hydrogen-bond donors (Lipinski definition) is 1. The lowest BCUT2D eigenvalue weighted by Crippen LogP contribution is -2.27. The minimum atomic E-state index is -0.0535. The van der Waals surface area contributed by atoms with E-state index in [4.69, 9.17) is 4.74 Å². The van der Waals surface area contributed by atoms with Crippen LogP contribution in [0.15, 0.2) is 18.2 Å². The number of carbonyl (C=O) groups excluding carboxylic acids is 1. The molecule has 0 aliphatic heterocycles. The van der Waals surface area contributed by atoms with Gasteiger partial charge in [-0.15, -0.1) is 0 Å². The summed E-state index contributed by atoms with van der Waals surface area (Å²) in [6, 6.07) is 5.72. The summed E-state index contributed by atoms with van der Waals surface area (Å²) in [5.74, 6) is 0.827. The van der Waals surface area contributed by atoms with E-state index in [0.29, 0.717) is 5.75 Å². The number of methoxy groups -OCH3 is 1. The molecule has 1 aromatic carbocycles. The number of aryl methyl sites for hydroxylation is 1. The Balaban J connectivity index is 3.10. The van der Waals surface area contributed by atoms with Gasteiger partial charge >= 0.3 is 0 Å². The molecule has 0 heterocycles. The first-order valence-corrected chi connectivity index (χ1v) is 5.25. The van der Waals surface area contributed by atoms with Crippen LogP contribution in [0.4, 0.5) is 5.69 Å². The van der Waals surface area contributed by atoms with Gasteiger partial charge in [0.25, 0.3) is 0 Å². The van der Waals surface area contributed by atoms with Crippen LogP contribution in [0, 0.1) is 6.92 Å². The fraction of sp³-hybridized carbons (Fsp3) is 0.364. The van der Waals surface area contributed by atoms with Crippen LogP contribution in [0.3, 0.4) is 0 Å². The van der Waals surface area contributed by atoms with Crippen LogP contribution in [0.1, 0.15) is 5.56 Å². The van der Waals surface area contributed by atoms with Crippen LogP contribution in [0.25, 0.3) is 0 Å². The van der Waals surface area contributed by atoms with E-state index in [9.17, 15) is 4.79 Å². The molecule has 1 rings (SSSR count). The molecular formula is C11H15NO2S. The van der Waals surface area contributed by atoms with Gasteiger partial charge in [0.15, 0.2) is 0 Å². The first-order chi connectivity index (χ1) is 7.10. The molecule has 0 aromatic heterocycles. The minimum absolute atomic E-state index is 0.0535. The Hall–Kier alpha value is -1.16. The quantitative estimate of drug-likeness (QED) is 0.796. The molecule has 15 heavy (non-hydrogen) atoms. The average Bonchev–Trinajstić information content (AvgIpc) is 2.27. The molecule has 0 aliphatic rings. The van der Waals surface area contributed by atoms with Crippen molar-refractivity contribution in [2.24, 2.45) is 0 Å². The molecule has 0 radical (unpaired) electrons. The standard InChI is InChI=1S/C11H15NO2S/c1-8-4-5-10(14-3)9(6-8)12(2)11(13)7-15/h4-6,15H,7H2,1-3H3. The van der Waals surface area contributed by atoms with Crippen molar-refractivity contribution >= 4 is 24.2 Å². The highest BCUT2D eigenvalue weighted by Crippen LogP contribution is 2.28. The van der Waals surface area contributed by atoms with Gasteiger partial charge in [-0.2, -0.15) is 12.6 Å². The number of nitrogens with zero attached hydrogens (tertiary/aromatic N) is 1. The predicted octanol–water partition coefficient (Wildman–Crippen LogP) is 1.90. The number of benzene rings is 1. The van der Waals surface area contributed by atoms with Gasteiger partial charge in [0, 0.05) is 7.05 Å². The summed E-state index contributed by atoms with van der Waals surface area (Å²) in [6.07, 6.45) is 0. The van der Waals surface area contributed by atoms with Crippen LogP contribution in [0.2, 0.25) is 0 Å². The van der Waals surface area contributed by atoms with Crippen molar-refractivity contribution in [2.75, 3.05) is 24.8 Å². The lowest BCUT2D eigenvalue weighted by atomic mass is 10.2. The molecule has 1 aromatic rings. The smallest absolute Gasteiger partial charge is 0.236 e. The topological polar surface area (TPSA) is 29.5 Å². The number of ether oxygens (including phenoxy) is 1. The average molecular weight is 225 g/mol. The van der Waals surface area contributed by atoms with Crippen molar-refractivity contribution in [3.05, 3.63) is 23.8 Å². The number of amides is 1. The van der Waals surface area contributed by atoms with E-state index in [1.54, 1.807) is 19.1 Å². The van der Waals surface area contributed by atoms with Gasteiger partial charge in [0.1, 0.15) is 5.75 Å². The molecule has 0 aliphatic carbocycles. The highest BCUT2D eigenvalue weighted by atomic mass is 32.1. The predicted molar refractivity (Wildman–Crippen MR) is 65.0 cm³/mol. The Labute approximate surface area is 95.4 Å². The van der Waals surface area contributed by atoms with Gasteiger partial charge in [0.2, 0.25) is 5.91 Å². The van der Waals surface area contributed by atoms with Gasteiger partial charge in [-0.1, -0.05) is 6.07 Å². The van der Waals surface area contributed by atoms with Gasteiger partial charge in [-0.25, -0.2) is 0 Å². The molecular weight excluding hydrogens is 210 g/mol. The number of carbonyl (C=O) groups is 1. The fourth-order valence-corrected chi connectivity index (χ4v) is 1.51. The van der Waals surface area contributed by atoms with E-state index >= 15 is 0 Å². The zero-order chi connectivity index (χ0) is 11.4. The summed E-state index contributed by atoms with van der Waals surface area (Å²) in [6.45, 7) is 1.97.